The lowest BCUT2D eigenvalue weighted by Gasteiger charge is -2.35. The molecule has 0 radical (unpaired) electrons. The van der Waals surface area contributed by atoms with Crippen LogP contribution in [0, 0.1) is 22.2 Å². The summed E-state index contributed by atoms with van der Waals surface area (Å²) in [4.78, 5) is 28.8. The van der Waals surface area contributed by atoms with E-state index >= 15 is 0 Å². The Kier molecular flexibility index (Phi) is 13.2. The number of nitrogens with zero attached hydrogens (tertiary/aromatic N) is 4. The minimum Gasteiger partial charge on any atom is -0.369 e. The summed E-state index contributed by atoms with van der Waals surface area (Å²) in [6, 6.07) is 2.42. The Labute approximate surface area is 202 Å². The number of amides is 1. The average Bonchev–Trinajstić information content (AvgIpc) is 2.80. The number of ketones is 1. The van der Waals surface area contributed by atoms with Gasteiger partial charge in [-0.3, -0.25) is 9.59 Å². The van der Waals surface area contributed by atoms with E-state index in [1.54, 1.807) is 0 Å². The summed E-state index contributed by atoms with van der Waals surface area (Å²) in [5.41, 5.74) is 5.01. The van der Waals surface area contributed by atoms with Crippen molar-refractivity contribution in [2.24, 2.45) is 16.6 Å². The van der Waals surface area contributed by atoms with Gasteiger partial charge in [0.25, 0.3) is 0 Å². The van der Waals surface area contributed by atoms with Crippen LogP contribution in [-0.4, -0.2) is 85.8 Å². The molecule has 1 amide bonds. The van der Waals surface area contributed by atoms with Crippen LogP contribution < -0.4 is 5.73 Å². The van der Waals surface area contributed by atoms with Gasteiger partial charge in [-0.05, 0) is 91.8 Å². The maximum atomic E-state index is 11.0. The van der Waals surface area contributed by atoms with Gasteiger partial charge in [-0.25, -0.2) is 0 Å². The molecule has 0 aliphatic carbocycles. The van der Waals surface area contributed by atoms with Gasteiger partial charge in [0.15, 0.2) is 0 Å². The van der Waals surface area contributed by atoms with Crippen LogP contribution in [0.2, 0.25) is 0 Å². The van der Waals surface area contributed by atoms with E-state index in [-0.39, 0.29) is 16.7 Å². The molecule has 3 heterocycles. The number of hydrogen-bond acceptors (Lipinski definition) is 6. The maximum absolute atomic E-state index is 11.0. The van der Waals surface area contributed by atoms with Gasteiger partial charge in [0.05, 0.1) is 11.5 Å². The summed E-state index contributed by atoms with van der Waals surface area (Å²) >= 11 is 0. The standard InChI is InChI=1S/C10H18N2.C8H16N2O.C8H15NO/c1-3-6-12-7-4-10(2,9-11)5-8-12;1-8(7(9)11)3-5-10(2)6-4-8;1-2-5-9-6-3-8(10)4-7-9/h3-8H2,1-2H3;3-6H2,1-2H3,(H2,9,11);2-7H2,1H3. The first-order chi connectivity index (χ1) is 15.6. The molecule has 2 N–H and O–H groups in total. The number of piperidine rings is 3. The highest BCUT2D eigenvalue weighted by molar-refractivity contribution is 5.80. The normalized spacial score (nSPS) is 23.3. The van der Waals surface area contributed by atoms with Gasteiger partial charge in [-0.2, -0.15) is 5.26 Å². The molecule has 0 aromatic carbocycles. The van der Waals surface area contributed by atoms with Gasteiger partial charge in [-0.15, -0.1) is 0 Å². The maximum Gasteiger partial charge on any atom is 0.223 e. The van der Waals surface area contributed by atoms with Crippen molar-refractivity contribution < 1.29 is 9.59 Å². The van der Waals surface area contributed by atoms with E-state index in [1.165, 1.54) is 19.4 Å². The molecule has 7 heteroatoms. The van der Waals surface area contributed by atoms with E-state index in [0.29, 0.717) is 5.78 Å². The number of nitrogens with two attached hydrogens (primary N) is 1. The lowest BCUT2D eigenvalue weighted by molar-refractivity contribution is -0.129. The van der Waals surface area contributed by atoms with Crippen molar-refractivity contribution in [3.8, 4) is 6.07 Å². The molecule has 0 aromatic rings. The molecule has 7 nitrogen and oxygen atoms in total. The van der Waals surface area contributed by atoms with Gasteiger partial charge < -0.3 is 20.4 Å². The second kappa shape index (κ2) is 14.7. The summed E-state index contributed by atoms with van der Waals surface area (Å²) in [5.74, 6) is 0.290. The highest BCUT2D eigenvalue weighted by atomic mass is 16.1. The number of rotatable bonds is 5. The van der Waals surface area contributed by atoms with Crippen molar-refractivity contribution in [2.75, 3.05) is 59.4 Å². The molecule has 0 spiro atoms. The Bertz CT molecular complexity index is 619. The molecule has 33 heavy (non-hydrogen) atoms. The Morgan fingerprint density at radius 3 is 1.76 bits per heavy atom. The van der Waals surface area contributed by atoms with Crippen LogP contribution in [0.3, 0.4) is 0 Å². The molecule has 3 aliphatic heterocycles. The number of carbonyl (C=O) groups is 2. The van der Waals surface area contributed by atoms with Crippen LogP contribution in [-0.2, 0) is 9.59 Å². The van der Waals surface area contributed by atoms with Crippen molar-refractivity contribution in [2.45, 2.75) is 79.1 Å². The van der Waals surface area contributed by atoms with Crippen LogP contribution in [0.4, 0.5) is 0 Å². The molecule has 0 saturated carbocycles. The van der Waals surface area contributed by atoms with Crippen LogP contribution in [0.25, 0.3) is 0 Å². The van der Waals surface area contributed by atoms with Crippen molar-refractivity contribution >= 4 is 11.7 Å². The van der Waals surface area contributed by atoms with E-state index in [9.17, 15) is 9.59 Å². The lowest BCUT2D eigenvalue weighted by atomic mass is 9.80. The van der Waals surface area contributed by atoms with E-state index in [0.717, 1.165) is 84.3 Å². The van der Waals surface area contributed by atoms with Gasteiger partial charge in [0.1, 0.15) is 5.78 Å². The van der Waals surface area contributed by atoms with E-state index in [2.05, 4.69) is 48.6 Å². The fraction of sp³-hybridized carbons (Fsp3) is 0.885. The van der Waals surface area contributed by atoms with Crippen LogP contribution >= 0.6 is 0 Å². The monoisotopic (exact) mass is 463 g/mol. The Morgan fingerprint density at radius 2 is 1.36 bits per heavy atom. The molecule has 3 saturated heterocycles. The number of primary amides is 1. The first kappa shape index (κ1) is 29.5. The van der Waals surface area contributed by atoms with Crippen LogP contribution in [0.1, 0.15) is 79.1 Å². The van der Waals surface area contributed by atoms with Gasteiger partial charge in [0, 0.05) is 31.3 Å². The largest absolute Gasteiger partial charge is 0.369 e. The summed E-state index contributed by atoms with van der Waals surface area (Å²) in [6.45, 7) is 17.0. The minimum atomic E-state index is -0.244. The van der Waals surface area contributed by atoms with Crippen molar-refractivity contribution in [1.29, 1.82) is 5.26 Å². The highest BCUT2D eigenvalue weighted by Gasteiger charge is 2.34. The number of nitriles is 1. The predicted molar refractivity (Wildman–Crippen MR) is 135 cm³/mol. The third kappa shape index (κ3) is 11.0. The quantitative estimate of drug-likeness (QED) is 0.672. The zero-order chi connectivity index (χ0) is 24.9. The number of carbonyl (C=O) groups excluding carboxylic acids is 2. The van der Waals surface area contributed by atoms with Crippen molar-refractivity contribution in [3.63, 3.8) is 0 Å². The molecule has 0 unspecified atom stereocenters. The van der Waals surface area contributed by atoms with Crippen molar-refractivity contribution in [3.05, 3.63) is 0 Å². The van der Waals surface area contributed by atoms with E-state index in [4.69, 9.17) is 11.0 Å². The Morgan fingerprint density at radius 1 is 0.909 bits per heavy atom. The van der Waals surface area contributed by atoms with E-state index < -0.39 is 0 Å². The van der Waals surface area contributed by atoms with Gasteiger partial charge >= 0.3 is 0 Å². The predicted octanol–water partition coefficient (Wildman–Crippen LogP) is 3.29. The second-order valence-electron chi connectivity index (χ2n) is 10.6. The Hall–Kier alpha value is -1.49. The lowest BCUT2D eigenvalue weighted by Crippen LogP contribution is -2.44. The molecule has 0 atom stereocenters. The smallest absolute Gasteiger partial charge is 0.223 e. The second-order valence-corrected chi connectivity index (χ2v) is 10.6. The summed E-state index contributed by atoms with van der Waals surface area (Å²) in [5, 5.41) is 8.90. The number of likely N-dealkylation sites (tertiary alicyclic amines) is 3. The molecular formula is C26H49N5O2. The Balaban J connectivity index is 0.000000249. The molecule has 0 aromatic heterocycles. The molecule has 3 fully saturated rings. The molecule has 190 valence electrons. The SMILES string of the molecule is CCCN1CCC(=O)CC1.CCCN1CCC(C)(C#N)CC1.CN1CCC(C)(C(N)=O)CC1. The van der Waals surface area contributed by atoms with Gasteiger partial charge in [-0.1, -0.05) is 20.8 Å². The summed E-state index contributed by atoms with van der Waals surface area (Å²) < 4.78 is 0. The molecule has 3 rings (SSSR count). The summed E-state index contributed by atoms with van der Waals surface area (Å²) in [7, 11) is 2.07. The highest BCUT2D eigenvalue weighted by Crippen LogP contribution is 2.30. The topological polar surface area (TPSA) is 93.7 Å². The third-order valence-electron chi connectivity index (χ3n) is 7.41. The zero-order valence-electron chi connectivity index (χ0n) is 22.0. The first-order valence-corrected chi connectivity index (χ1v) is 12.9. The van der Waals surface area contributed by atoms with Gasteiger partial charge in [0.2, 0.25) is 5.91 Å². The fourth-order valence-electron chi connectivity index (χ4n) is 4.40. The first-order valence-electron chi connectivity index (χ1n) is 12.9. The number of hydrogen-bond donors (Lipinski definition) is 1. The fourth-order valence-corrected chi connectivity index (χ4v) is 4.40. The number of Topliss-reactive ketones (excluding diaryl/α,β-unsaturated/α-hetero) is 1. The average molecular weight is 464 g/mol. The molecule has 0 bridgehead atoms. The van der Waals surface area contributed by atoms with Crippen molar-refractivity contribution in [1.82, 2.24) is 14.7 Å². The third-order valence-corrected chi connectivity index (χ3v) is 7.41. The summed E-state index contributed by atoms with van der Waals surface area (Å²) in [6.07, 6.45) is 7.88. The van der Waals surface area contributed by atoms with Crippen LogP contribution in [0.5, 0.6) is 0 Å². The van der Waals surface area contributed by atoms with Crippen LogP contribution in [0.15, 0.2) is 0 Å². The molecular weight excluding hydrogens is 414 g/mol. The minimum absolute atomic E-state index is 0.0375. The zero-order valence-corrected chi connectivity index (χ0v) is 22.0. The van der Waals surface area contributed by atoms with E-state index in [1.807, 2.05) is 6.92 Å². The molecule has 3 aliphatic rings.